The molecule has 7 heteroatoms. The number of aromatic nitrogens is 3. The number of rotatable bonds is 3. The molecule has 0 saturated heterocycles. The van der Waals surface area contributed by atoms with E-state index in [1.54, 1.807) is 0 Å². The third-order valence-electron chi connectivity index (χ3n) is 4.19. The predicted octanol–water partition coefficient (Wildman–Crippen LogP) is 2.13. The summed E-state index contributed by atoms with van der Waals surface area (Å²) in [5, 5.41) is 17.8. The highest BCUT2D eigenvalue weighted by molar-refractivity contribution is 9.10. The Hall–Kier alpha value is -1.73. The lowest BCUT2D eigenvalue weighted by Crippen LogP contribution is -2.47. The molecule has 0 aliphatic carbocycles. The minimum atomic E-state index is -0.814. The van der Waals surface area contributed by atoms with Gasteiger partial charge >= 0.3 is 5.97 Å². The fourth-order valence-electron chi connectivity index (χ4n) is 2.80. The zero-order valence-electron chi connectivity index (χ0n) is 12.5. The number of fused-ring (bicyclic) bond motifs is 1. The number of nitrogens with zero attached hydrogens (tertiary/aromatic N) is 4. The van der Waals surface area contributed by atoms with Gasteiger partial charge in [-0.2, -0.15) is 0 Å². The van der Waals surface area contributed by atoms with E-state index >= 15 is 0 Å². The molecule has 0 spiro atoms. The SMILES string of the molecule is Cc1c(Br)cccc1CN1Cc2nnc(C)n2CC1C(=O)O. The molecule has 0 saturated carbocycles. The second-order valence-electron chi connectivity index (χ2n) is 5.56. The standard InChI is InChI=1S/C15H17BrN4O2/c1-9-11(4-3-5-12(9)16)6-19-8-14-18-17-10(2)20(14)7-13(19)15(21)22/h3-5,13H,6-8H2,1-2H3,(H,21,22). The Bertz CT molecular complexity index is 728. The van der Waals surface area contributed by atoms with E-state index in [1.165, 1.54) is 0 Å². The van der Waals surface area contributed by atoms with Gasteiger partial charge in [-0.15, -0.1) is 10.2 Å². The summed E-state index contributed by atoms with van der Waals surface area (Å²) < 4.78 is 2.93. The van der Waals surface area contributed by atoms with Gasteiger partial charge in [0.25, 0.3) is 0 Å². The van der Waals surface area contributed by atoms with Gasteiger partial charge in [0.15, 0.2) is 0 Å². The van der Waals surface area contributed by atoms with Gasteiger partial charge in [0, 0.05) is 11.0 Å². The fraction of sp³-hybridized carbons (Fsp3) is 0.400. The van der Waals surface area contributed by atoms with Crippen LogP contribution in [0.2, 0.25) is 0 Å². The molecule has 0 amide bonds. The first-order chi connectivity index (χ1) is 10.5. The summed E-state index contributed by atoms with van der Waals surface area (Å²) in [6.45, 7) is 5.34. The van der Waals surface area contributed by atoms with Crippen LogP contribution in [0.5, 0.6) is 0 Å². The highest BCUT2D eigenvalue weighted by atomic mass is 79.9. The summed E-state index contributed by atoms with van der Waals surface area (Å²) in [7, 11) is 0. The quantitative estimate of drug-likeness (QED) is 0.902. The van der Waals surface area contributed by atoms with Crippen molar-refractivity contribution in [2.24, 2.45) is 0 Å². The van der Waals surface area contributed by atoms with E-state index in [0.29, 0.717) is 19.6 Å². The van der Waals surface area contributed by atoms with Crippen molar-refractivity contribution in [1.82, 2.24) is 19.7 Å². The molecule has 116 valence electrons. The van der Waals surface area contributed by atoms with E-state index in [9.17, 15) is 9.90 Å². The lowest BCUT2D eigenvalue weighted by Gasteiger charge is -2.33. The molecule has 22 heavy (non-hydrogen) atoms. The van der Waals surface area contributed by atoms with Crippen molar-refractivity contribution in [3.63, 3.8) is 0 Å². The summed E-state index contributed by atoms with van der Waals surface area (Å²) in [6, 6.07) is 5.42. The van der Waals surface area contributed by atoms with Gasteiger partial charge in [0.1, 0.15) is 17.7 Å². The van der Waals surface area contributed by atoms with Gasteiger partial charge in [-0.3, -0.25) is 9.69 Å². The van der Waals surface area contributed by atoms with Crippen molar-refractivity contribution in [2.75, 3.05) is 0 Å². The smallest absolute Gasteiger partial charge is 0.322 e. The molecule has 1 aromatic carbocycles. The Kier molecular flexibility index (Phi) is 4.01. The van der Waals surface area contributed by atoms with Gasteiger partial charge in [0.2, 0.25) is 0 Å². The van der Waals surface area contributed by atoms with Crippen LogP contribution in [0.4, 0.5) is 0 Å². The van der Waals surface area contributed by atoms with Gasteiger partial charge < -0.3 is 9.67 Å². The molecule has 0 fully saturated rings. The Morgan fingerprint density at radius 3 is 2.91 bits per heavy atom. The predicted molar refractivity (Wildman–Crippen MR) is 84.3 cm³/mol. The Morgan fingerprint density at radius 1 is 1.41 bits per heavy atom. The molecule has 3 rings (SSSR count). The van der Waals surface area contributed by atoms with Crippen LogP contribution in [0.1, 0.15) is 22.8 Å². The van der Waals surface area contributed by atoms with E-state index in [0.717, 1.165) is 27.2 Å². The van der Waals surface area contributed by atoms with E-state index in [1.807, 2.05) is 41.5 Å². The van der Waals surface area contributed by atoms with Crippen molar-refractivity contribution in [3.8, 4) is 0 Å². The molecular weight excluding hydrogens is 348 g/mol. The maximum Gasteiger partial charge on any atom is 0.322 e. The molecule has 2 heterocycles. The van der Waals surface area contributed by atoms with Gasteiger partial charge in [-0.25, -0.2) is 0 Å². The van der Waals surface area contributed by atoms with Crippen molar-refractivity contribution >= 4 is 21.9 Å². The maximum absolute atomic E-state index is 11.6. The summed E-state index contributed by atoms with van der Waals surface area (Å²) >= 11 is 3.52. The summed E-state index contributed by atoms with van der Waals surface area (Å²) in [5.74, 6) is 0.772. The first-order valence-electron chi connectivity index (χ1n) is 7.07. The van der Waals surface area contributed by atoms with E-state index < -0.39 is 12.0 Å². The van der Waals surface area contributed by atoms with Gasteiger partial charge in [-0.05, 0) is 31.0 Å². The topological polar surface area (TPSA) is 71.2 Å². The summed E-state index contributed by atoms with van der Waals surface area (Å²) in [4.78, 5) is 13.6. The van der Waals surface area contributed by atoms with Crippen LogP contribution < -0.4 is 0 Å². The average molecular weight is 365 g/mol. The molecule has 0 bridgehead atoms. The number of carbonyl (C=O) groups is 1. The third-order valence-corrected chi connectivity index (χ3v) is 5.05. The molecule has 1 N–H and O–H groups in total. The Morgan fingerprint density at radius 2 is 2.18 bits per heavy atom. The van der Waals surface area contributed by atoms with Crippen molar-refractivity contribution < 1.29 is 9.90 Å². The normalized spacial score (nSPS) is 18.2. The number of halogens is 1. The highest BCUT2D eigenvalue weighted by Gasteiger charge is 2.33. The van der Waals surface area contributed by atoms with Crippen LogP contribution >= 0.6 is 15.9 Å². The van der Waals surface area contributed by atoms with Crippen molar-refractivity contribution in [2.45, 2.75) is 39.5 Å². The lowest BCUT2D eigenvalue weighted by molar-refractivity contribution is -0.145. The van der Waals surface area contributed by atoms with Gasteiger partial charge in [0.05, 0.1) is 13.1 Å². The molecule has 1 aliphatic heterocycles. The first-order valence-corrected chi connectivity index (χ1v) is 7.86. The van der Waals surface area contributed by atoms with Crippen LogP contribution in [0.25, 0.3) is 0 Å². The number of carboxylic acid groups (broad SMARTS) is 1. The lowest BCUT2D eigenvalue weighted by atomic mass is 10.1. The van der Waals surface area contributed by atoms with Crippen LogP contribution in [0, 0.1) is 13.8 Å². The van der Waals surface area contributed by atoms with Crippen molar-refractivity contribution in [3.05, 3.63) is 45.4 Å². The third kappa shape index (κ3) is 2.66. The molecule has 1 aromatic heterocycles. The Labute approximate surface area is 136 Å². The molecule has 1 aliphatic rings. The van der Waals surface area contributed by atoms with Gasteiger partial charge in [-0.1, -0.05) is 28.1 Å². The largest absolute Gasteiger partial charge is 0.480 e. The first kappa shape index (κ1) is 15.2. The number of hydrogen-bond acceptors (Lipinski definition) is 4. The zero-order chi connectivity index (χ0) is 15.9. The van der Waals surface area contributed by atoms with Crippen LogP contribution in [-0.2, 0) is 24.4 Å². The monoisotopic (exact) mass is 364 g/mol. The minimum Gasteiger partial charge on any atom is -0.480 e. The van der Waals surface area contributed by atoms with E-state index in [2.05, 4.69) is 26.1 Å². The number of aryl methyl sites for hydroxylation is 1. The van der Waals surface area contributed by atoms with Crippen LogP contribution in [0.15, 0.2) is 22.7 Å². The van der Waals surface area contributed by atoms with Crippen LogP contribution in [0.3, 0.4) is 0 Å². The minimum absolute atomic E-state index is 0.385. The van der Waals surface area contributed by atoms with Crippen LogP contribution in [-0.4, -0.2) is 36.8 Å². The van der Waals surface area contributed by atoms with E-state index in [-0.39, 0.29) is 0 Å². The van der Waals surface area contributed by atoms with E-state index in [4.69, 9.17) is 0 Å². The molecule has 1 unspecified atom stereocenters. The average Bonchev–Trinajstić information content (AvgIpc) is 2.84. The molecule has 2 aromatic rings. The fourth-order valence-corrected chi connectivity index (χ4v) is 3.21. The number of hydrogen-bond donors (Lipinski definition) is 1. The second-order valence-corrected chi connectivity index (χ2v) is 6.41. The number of carboxylic acids is 1. The second kappa shape index (κ2) is 5.81. The summed E-state index contributed by atoms with van der Waals surface area (Å²) in [6.07, 6.45) is 0. The Balaban J connectivity index is 1.91. The highest BCUT2D eigenvalue weighted by Crippen LogP contribution is 2.24. The number of aliphatic carboxylic acids is 1. The molecule has 6 nitrogen and oxygen atoms in total. The van der Waals surface area contributed by atoms with Crippen molar-refractivity contribution in [1.29, 1.82) is 0 Å². The molecule has 0 radical (unpaired) electrons. The number of benzene rings is 1. The molecule has 1 atom stereocenters. The summed E-state index contributed by atoms with van der Waals surface area (Å²) in [5.41, 5.74) is 2.25. The zero-order valence-corrected chi connectivity index (χ0v) is 14.0. The molecular formula is C15H17BrN4O2. The maximum atomic E-state index is 11.6.